The topological polar surface area (TPSA) is 67.9 Å². The Labute approximate surface area is 144 Å². The van der Waals surface area contributed by atoms with Gasteiger partial charge in [-0.25, -0.2) is 13.1 Å². The van der Waals surface area contributed by atoms with E-state index in [1.54, 1.807) is 7.11 Å². The molecule has 1 aliphatic carbocycles. The van der Waals surface area contributed by atoms with E-state index >= 15 is 0 Å². The van der Waals surface area contributed by atoms with Crippen molar-refractivity contribution in [3.63, 3.8) is 0 Å². The summed E-state index contributed by atoms with van der Waals surface area (Å²) < 4.78 is 37.1. The van der Waals surface area contributed by atoms with Gasteiger partial charge in [-0.1, -0.05) is 12.1 Å². The molecule has 134 valence electrons. The highest BCUT2D eigenvalue weighted by Gasteiger charge is 2.43. The number of likely N-dealkylation sites (tertiary alicyclic amines) is 1. The summed E-state index contributed by atoms with van der Waals surface area (Å²) in [5.74, 6) is 2.56. The molecule has 0 spiro atoms. The van der Waals surface area contributed by atoms with Crippen LogP contribution in [0.2, 0.25) is 0 Å². The number of nitrogens with one attached hydrogen (secondary N) is 1. The minimum Gasteiger partial charge on any atom is -0.493 e. The minimum atomic E-state index is -3.17. The van der Waals surface area contributed by atoms with Crippen molar-refractivity contribution in [1.29, 1.82) is 0 Å². The number of methoxy groups -OCH3 is 1. The van der Waals surface area contributed by atoms with Crippen LogP contribution in [0.5, 0.6) is 11.5 Å². The maximum atomic E-state index is 11.6. The Morgan fingerprint density at radius 2 is 1.92 bits per heavy atom. The number of hydrogen-bond acceptors (Lipinski definition) is 5. The fraction of sp³-hybridized carbons (Fsp3) is 0.647. The number of ether oxygens (including phenoxy) is 2. The molecule has 1 aliphatic heterocycles. The van der Waals surface area contributed by atoms with E-state index in [4.69, 9.17) is 9.47 Å². The van der Waals surface area contributed by atoms with Crippen molar-refractivity contribution in [2.24, 2.45) is 11.8 Å². The average Bonchev–Trinajstić information content (AvgIpc) is 3.29. The summed E-state index contributed by atoms with van der Waals surface area (Å²) in [6.45, 7) is 3.03. The highest BCUT2D eigenvalue weighted by molar-refractivity contribution is 7.88. The van der Waals surface area contributed by atoms with Gasteiger partial charge in [0.2, 0.25) is 10.0 Å². The number of rotatable bonds is 8. The second kappa shape index (κ2) is 7.29. The van der Waals surface area contributed by atoms with E-state index in [1.165, 1.54) is 19.1 Å². The highest BCUT2D eigenvalue weighted by atomic mass is 32.2. The first-order chi connectivity index (χ1) is 11.5. The quantitative estimate of drug-likeness (QED) is 0.763. The third-order valence-corrected chi connectivity index (χ3v) is 5.50. The maximum absolute atomic E-state index is 11.6. The lowest BCUT2D eigenvalue weighted by Gasteiger charge is -2.17. The van der Waals surface area contributed by atoms with Crippen LogP contribution in [0, 0.1) is 11.8 Å². The molecule has 1 heterocycles. The van der Waals surface area contributed by atoms with Gasteiger partial charge in [-0.2, -0.15) is 0 Å². The van der Waals surface area contributed by atoms with Crippen molar-refractivity contribution in [3.05, 3.63) is 24.3 Å². The standard InChI is InChI=1S/C17H26N2O4S/c1-22-16-5-3-4-6-17(16)23-10-9-19-11-14(13-7-8-13)15(12-19)18-24(2,20)21/h3-6,13-15,18H,7-12H2,1-2H3/t14-,15+/m0/s1. The number of benzene rings is 1. The Kier molecular flexibility index (Phi) is 5.32. The van der Waals surface area contributed by atoms with Gasteiger partial charge >= 0.3 is 0 Å². The molecule has 1 saturated heterocycles. The minimum absolute atomic E-state index is 0.0266. The van der Waals surface area contributed by atoms with E-state index in [-0.39, 0.29) is 6.04 Å². The molecule has 2 fully saturated rings. The van der Waals surface area contributed by atoms with E-state index in [2.05, 4.69) is 9.62 Å². The molecule has 3 rings (SSSR count). The van der Waals surface area contributed by atoms with Gasteiger partial charge in [-0.15, -0.1) is 0 Å². The Morgan fingerprint density at radius 3 is 2.54 bits per heavy atom. The lowest BCUT2D eigenvalue weighted by atomic mass is 9.99. The molecular weight excluding hydrogens is 328 g/mol. The Hall–Kier alpha value is -1.31. The van der Waals surface area contributed by atoms with Crippen LogP contribution < -0.4 is 14.2 Å². The third-order valence-electron chi connectivity index (χ3n) is 4.77. The normalized spacial score (nSPS) is 24.9. The largest absolute Gasteiger partial charge is 0.493 e. The van der Waals surface area contributed by atoms with Gasteiger partial charge in [0, 0.05) is 25.7 Å². The zero-order chi connectivity index (χ0) is 17.2. The van der Waals surface area contributed by atoms with Crippen LogP contribution in [0.1, 0.15) is 12.8 Å². The van der Waals surface area contributed by atoms with Crippen molar-refractivity contribution >= 4 is 10.0 Å². The van der Waals surface area contributed by atoms with Crippen molar-refractivity contribution in [2.75, 3.05) is 39.6 Å². The molecule has 24 heavy (non-hydrogen) atoms. The highest BCUT2D eigenvalue weighted by Crippen LogP contribution is 2.41. The Morgan fingerprint density at radius 1 is 1.21 bits per heavy atom. The van der Waals surface area contributed by atoms with Crippen LogP contribution >= 0.6 is 0 Å². The third kappa shape index (κ3) is 4.62. The monoisotopic (exact) mass is 354 g/mol. The zero-order valence-electron chi connectivity index (χ0n) is 14.3. The van der Waals surface area contributed by atoms with Crippen LogP contribution in [0.4, 0.5) is 0 Å². The lowest BCUT2D eigenvalue weighted by molar-refractivity contribution is 0.224. The first kappa shape index (κ1) is 17.5. The second-order valence-electron chi connectivity index (χ2n) is 6.76. The predicted molar refractivity (Wildman–Crippen MR) is 92.9 cm³/mol. The van der Waals surface area contributed by atoms with Crippen molar-refractivity contribution in [2.45, 2.75) is 18.9 Å². The molecular formula is C17H26N2O4S. The van der Waals surface area contributed by atoms with Gasteiger partial charge in [-0.05, 0) is 36.8 Å². The number of sulfonamides is 1. The summed E-state index contributed by atoms with van der Waals surface area (Å²) in [6.07, 6.45) is 3.68. The van der Waals surface area contributed by atoms with E-state index in [9.17, 15) is 8.42 Å². The molecule has 0 aromatic heterocycles. The van der Waals surface area contributed by atoms with Gasteiger partial charge in [-0.3, -0.25) is 4.90 Å². The molecule has 2 atom stereocenters. The van der Waals surface area contributed by atoms with Crippen LogP contribution in [-0.4, -0.2) is 59.0 Å². The van der Waals surface area contributed by atoms with Crippen molar-refractivity contribution in [3.8, 4) is 11.5 Å². The first-order valence-corrected chi connectivity index (χ1v) is 10.3. The Balaban J connectivity index is 1.52. The molecule has 0 unspecified atom stereocenters. The van der Waals surface area contributed by atoms with E-state index < -0.39 is 10.0 Å². The molecule has 1 aromatic rings. The van der Waals surface area contributed by atoms with Crippen LogP contribution in [0.25, 0.3) is 0 Å². The number of hydrogen-bond donors (Lipinski definition) is 1. The average molecular weight is 354 g/mol. The van der Waals surface area contributed by atoms with Gasteiger partial charge in [0.15, 0.2) is 11.5 Å². The molecule has 0 bridgehead atoms. The number of nitrogens with zero attached hydrogens (tertiary/aromatic N) is 1. The Bertz CT molecular complexity index is 660. The summed E-state index contributed by atoms with van der Waals surface area (Å²) in [7, 11) is -1.54. The number of para-hydroxylation sites is 2. The fourth-order valence-corrected chi connectivity index (χ4v) is 4.32. The van der Waals surface area contributed by atoms with E-state index in [0.717, 1.165) is 31.1 Å². The summed E-state index contributed by atoms with van der Waals surface area (Å²) in [5, 5.41) is 0. The van der Waals surface area contributed by atoms with Crippen molar-refractivity contribution in [1.82, 2.24) is 9.62 Å². The summed E-state index contributed by atoms with van der Waals surface area (Å²) in [5.41, 5.74) is 0. The van der Waals surface area contributed by atoms with Crippen LogP contribution in [-0.2, 0) is 10.0 Å². The first-order valence-electron chi connectivity index (χ1n) is 8.42. The molecule has 0 radical (unpaired) electrons. The second-order valence-corrected chi connectivity index (χ2v) is 8.54. The molecule has 6 nitrogen and oxygen atoms in total. The smallest absolute Gasteiger partial charge is 0.209 e. The summed E-state index contributed by atoms with van der Waals surface area (Å²) in [4.78, 5) is 2.29. The van der Waals surface area contributed by atoms with Crippen LogP contribution in [0.15, 0.2) is 24.3 Å². The summed E-state index contributed by atoms with van der Waals surface area (Å²) >= 11 is 0. The fourth-order valence-electron chi connectivity index (χ4n) is 3.52. The van der Waals surface area contributed by atoms with Crippen molar-refractivity contribution < 1.29 is 17.9 Å². The lowest BCUT2D eigenvalue weighted by Crippen LogP contribution is -2.40. The van der Waals surface area contributed by atoms with Gasteiger partial charge in [0.25, 0.3) is 0 Å². The molecule has 2 aliphatic rings. The van der Waals surface area contributed by atoms with Gasteiger partial charge in [0.05, 0.1) is 13.4 Å². The van der Waals surface area contributed by atoms with Gasteiger partial charge < -0.3 is 9.47 Å². The molecule has 1 N–H and O–H groups in total. The zero-order valence-corrected chi connectivity index (χ0v) is 15.1. The molecule has 1 aromatic carbocycles. The maximum Gasteiger partial charge on any atom is 0.209 e. The van der Waals surface area contributed by atoms with Gasteiger partial charge in [0.1, 0.15) is 6.61 Å². The predicted octanol–water partition coefficient (Wildman–Crippen LogP) is 1.33. The van der Waals surface area contributed by atoms with E-state index in [0.29, 0.717) is 18.4 Å². The molecule has 7 heteroatoms. The molecule has 0 amide bonds. The SMILES string of the molecule is COc1ccccc1OCCN1C[C@@H](NS(C)(=O)=O)[C@H](C2CC2)C1. The van der Waals surface area contributed by atoms with Crippen LogP contribution in [0.3, 0.4) is 0 Å². The summed E-state index contributed by atoms with van der Waals surface area (Å²) in [6, 6.07) is 7.62. The molecule has 1 saturated carbocycles. The van der Waals surface area contributed by atoms with E-state index in [1.807, 2.05) is 24.3 Å².